The van der Waals surface area contributed by atoms with Gasteiger partial charge in [0.2, 0.25) is 0 Å². The number of carbonyl (C=O) groups is 1. The molecule has 0 bridgehead atoms. The van der Waals surface area contributed by atoms with Crippen molar-refractivity contribution in [2.45, 2.75) is 6.92 Å². The van der Waals surface area contributed by atoms with E-state index in [2.05, 4.69) is 15.7 Å². The van der Waals surface area contributed by atoms with Crippen LogP contribution in [0.5, 0.6) is 0 Å². The highest BCUT2D eigenvalue weighted by Gasteiger charge is 2.10. The Morgan fingerprint density at radius 2 is 2.11 bits per heavy atom. The highest BCUT2D eigenvalue weighted by Crippen LogP contribution is 2.16. The van der Waals surface area contributed by atoms with Gasteiger partial charge in [0.05, 0.1) is 0 Å². The van der Waals surface area contributed by atoms with Gasteiger partial charge in [-0.15, -0.1) is 0 Å². The minimum atomic E-state index is -0.145. The highest BCUT2D eigenvalue weighted by molar-refractivity contribution is 6.05. The van der Waals surface area contributed by atoms with Crippen LogP contribution >= 0.6 is 0 Å². The first-order valence-corrected chi connectivity index (χ1v) is 5.69. The van der Waals surface area contributed by atoms with Crippen LogP contribution in [0.3, 0.4) is 0 Å². The van der Waals surface area contributed by atoms with Gasteiger partial charge in [-0.05, 0) is 30.7 Å². The summed E-state index contributed by atoms with van der Waals surface area (Å²) >= 11 is 0. The second-order valence-electron chi connectivity index (χ2n) is 4.11. The summed E-state index contributed by atoms with van der Waals surface area (Å²) in [5, 5.41) is 9.92. The van der Waals surface area contributed by atoms with Gasteiger partial charge >= 0.3 is 0 Å². The summed E-state index contributed by atoms with van der Waals surface area (Å²) in [6, 6.07) is 7.38. The van der Waals surface area contributed by atoms with E-state index in [-0.39, 0.29) is 5.91 Å². The molecular weight excluding hydrogens is 228 g/mol. The zero-order valence-corrected chi connectivity index (χ0v) is 10.7. The molecule has 0 aliphatic carbocycles. The van der Waals surface area contributed by atoms with Gasteiger partial charge in [-0.2, -0.15) is 5.10 Å². The molecule has 0 fully saturated rings. The third kappa shape index (κ3) is 2.51. The molecule has 5 heteroatoms. The molecule has 2 rings (SSSR count). The molecule has 0 spiro atoms. The molecule has 1 aromatic carbocycles. The summed E-state index contributed by atoms with van der Waals surface area (Å²) in [5.41, 5.74) is 2.57. The Morgan fingerprint density at radius 3 is 2.67 bits per heavy atom. The monoisotopic (exact) mass is 244 g/mol. The van der Waals surface area contributed by atoms with Crippen LogP contribution in [0.4, 0.5) is 11.5 Å². The smallest absolute Gasteiger partial charge is 0.257 e. The third-order valence-corrected chi connectivity index (χ3v) is 2.71. The van der Waals surface area contributed by atoms with E-state index in [4.69, 9.17) is 0 Å². The largest absolute Gasteiger partial charge is 0.388 e. The minimum absolute atomic E-state index is 0.145. The van der Waals surface area contributed by atoms with Gasteiger partial charge in [0.1, 0.15) is 0 Å². The van der Waals surface area contributed by atoms with Crippen molar-refractivity contribution in [3.63, 3.8) is 0 Å². The lowest BCUT2D eigenvalue weighted by molar-refractivity contribution is 0.102. The molecule has 0 saturated heterocycles. The Morgan fingerprint density at radius 1 is 1.33 bits per heavy atom. The van der Waals surface area contributed by atoms with E-state index in [9.17, 15) is 4.79 Å². The number of amides is 1. The lowest BCUT2D eigenvalue weighted by atomic mass is 10.1. The number of benzene rings is 1. The Balaban J connectivity index is 2.18. The molecule has 5 nitrogen and oxygen atoms in total. The number of nitrogens with one attached hydrogen (secondary N) is 2. The van der Waals surface area contributed by atoms with Crippen molar-refractivity contribution < 1.29 is 4.79 Å². The van der Waals surface area contributed by atoms with Crippen molar-refractivity contribution in [1.29, 1.82) is 0 Å². The fourth-order valence-corrected chi connectivity index (χ4v) is 1.74. The topological polar surface area (TPSA) is 59.0 Å². The highest BCUT2D eigenvalue weighted by atomic mass is 16.1. The minimum Gasteiger partial charge on any atom is -0.388 e. The van der Waals surface area contributed by atoms with Crippen LogP contribution in [0, 0.1) is 6.92 Å². The molecule has 0 atom stereocenters. The number of nitrogens with zero attached hydrogens (tertiary/aromatic N) is 2. The maximum Gasteiger partial charge on any atom is 0.257 e. The molecule has 0 unspecified atom stereocenters. The quantitative estimate of drug-likeness (QED) is 0.868. The molecule has 0 aliphatic rings. The molecule has 0 aliphatic heterocycles. The normalized spacial score (nSPS) is 10.2. The molecule has 94 valence electrons. The summed E-state index contributed by atoms with van der Waals surface area (Å²) in [7, 11) is 3.66. The number of carbonyl (C=O) groups excluding carboxylic acids is 1. The van der Waals surface area contributed by atoms with Crippen molar-refractivity contribution in [1.82, 2.24) is 9.78 Å². The fraction of sp³-hybridized carbons (Fsp3) is 0.231. The zero-order chi connectivity index (χ0) is 13.1. The first-order chi connectivity index (χ1) is 8.60. The van der Waals surface area contributed by atoms with Crippen molar-refractivity contribution in [3.05, 3.63) is 41.6 Å². The van der Waals surface area contributed by atoms with Gasteiger partial charge in [-0.25, -0.2) is 0 Å². The molecule has 1 amide bonds. The number of hydrogen-bond acceptors (Lipinski definition) is 3. The van der Waals surface area contributed by atoms with Crippen LogP contribution in [0.15, 0.2) is 30.5 Å². The molecule has 1 heterocycles. The first kappa shape index (κ1) is 12.2. The second-order valence-corrected chi connectivity index (χ2v) is 4.11. The molecule has 2 N–H and O–H groups in total. The average molecular weight is 244 g/mol. The van der Waals surface area contributed by atoms with Crippen LogP contribution in [0.2, 0.25) is 0 Å². The van der Waals surface area contributed by atoms with E-state index >= 15 is 0 Å². The van der Waals surface area contributed by atoms with E-state index in [0.29, 0.717) is 11.4 Å². The standard InChI is InChI=1S/C13H16N4O/c1-9-8-10(14-2)4-5-11(9)13(18)15-12-6-7-17(3)16-12/h4-8,14H,1-3H3,(H,15,16,18). The molecule has 2 aromatic rings. The second kappa shape index (κ2) is 4.91. The van der Waals surface area contributed by atoms with E-state index in [0.717, 1.165) is 11.3 Å². The number of anilines is 2. The van der Waals surface area contributed by atoms with Crippen LogP contribution in [0.25, 0.3) is 0 Å². The third-order valence-electron chi connectivity index (χ3n) is 2.71. The lowest BCUT2D eigenvalue weighted by Gasteiger charge is -2.07. The van der Waals surface area contributed by atoms with Gasteiger partial charge in [0.15, 0.2) is 5.82 Å². The molecule has 1 aromatic heterocycles. The Hall–Kier alpha value is -2.30. The Bertz CT molecular complexity index is 574. The predicted octanol–water partition coefficient (Wildman–Crippen LogP) is 2.02. The first-order valence-electron chi connectivity index (χ1n) is 5.69. The zero-order valence-electron chi connectivity index (χ0n) is 10.7. The van der Waals surface area contributed by atoms with E-state index in [1.165, 1.54) is 0 Å². The number of rotatable bonds is 3. The Kier molecular flexibility index (Phi) is 3.32. The maximum absolute atomic E-state index is 12.1. The number of hydrogen-bond donors (Lipinski definition) is 2. The van der Waals surface area contributed by atoms with Crippen LogP contribution in [-0.4, -0.2) is 22.7 Å². The van der Waals surface area contributed by atoms with E-state index < -0.39 is 0 Å². The predicted molar refractivity (Wildman–Crippen MR) is 71.9 cm³/mol. The van der Waals surface area contributed by atoms with Gasteiger partial charge in [-0.3, -0.25) is 9.48 Å². The van der Waals surface area contributed by atoms with E-state index in [1.54, 1.807) is 23.0 Å². The summed E-state index contributed by atoms with van der Waals surface area (Å²) in [6.07, 6.45) is 1.78. The summed E-state index contributed by atoms with van der Waals surface area (Å²) in [4.78, 5) is 12.1. The molecule has 0 radical (unpaired) electrons. The summed E-state index contributed by atoms with van der Waals surface area (Å²) < 4.78 is 1.65. The SMILES string of the molecule is CNc1ccc(C(=O)Nc2ccn(C)n2)c(C)c1. The van der Waals surface area contributed by atoms with Crippen molar-refractivity contribution in [2.24, 2.45) is 7.05 Å². The molecular formula is C13H16N4O. The maximum atomic E-state index is 12.1. The van der Waals surface area contributed by atoms with Crippen LogP contribution < -0.4 is 10.6 Å². The van der Waals surface area contributed by atoms with Crippen LogP contribution in [0.1, 0.15) is 15.9 Å². The Labute approximate surface area is 106 Å². The van der Waals surface area contributed by atoms with Gasteiger partial charge in [-0.1, -0.05) is 0 Å². The number of aromatic nitrogens is 2. The van der Waals surface area contributed by atoms with Gasteiger partial charge in [0, 0.05) is 37.6 Å². The van der Waals surface area contributed by atoms with Gasteiger partial charge in [0.25, 0.3) is 5.91 Å². The van der Waals surface area contributed by atoms with E-state index in [1.807, 2.05) is 33.2 Å². The van der Waals surface area contributed by atoms with Crippen LogP contribution in [-0.2, 0) is 7.05 Å². The molecule has 18 heavy (non-hydrogen) atoms. The summed E-state index contributed by atoms with van der Waals surface area (Å²) in [5.74, 6) is 0.411. The fourth-order valence-electron chi connectivity index (χ4n) is 1.74. The molecule has 0 saturated carbocycles. The lowest BCUT2D eigenvalue weighted by Crippen LogP contribution is -2.14. The number of aryl methyl sites for hydroxylation is 2. The average Bonchev–Trinajstić information content (AvgIpc) is 2.74. The van der Waals surface area contributed by atoms with Gasteiger partial charge < -0.3 is 10.6 Å². The van der Waals surface area contributed by atoms with Crippen molar-refractivity contribution in [3.8, 4) is 0 Å². The van der Waals surface area contributed by atoms with Crippen molar-refractivity contribution in [2.75, 3.05) is 17.7 Å². The van der Waals surface area contributed by atoms with Crippen molar-refractivity contribution >= 4 is 17.4 Å². The summed E-state index contributed by atoms with van der Waals surface area (Å²) in [6.45, 7) is 1.91.